The van der Waals surface area contributed by atoms with E-state index in [4.69, 9.17) is 23.2 Å². The van der Waals surface area contributed by atoms with Crippen molar-refractivity contribution in [1.82, 2.24) is 0 Å². The second-order valence-electron chi connectivity index (χ2n) is 4.68. The minimum absolute atomic E-state index is 0.107. The molecule has 1 aliphatic carbocycles. The predicted octanol–water partition coefficient (Wildman–Crippen LogP) is 5.25. The summed E-state index contributed by atoms with van der Waals surface area (Å²) in [4.78, 5) is 1.37. The number of nitrogens with one attached hydrogen (secondary N) is 1. The molecule has 0 saturated carbocycles. The molecule has 1 heterocycles. The third kappa shape index (κ3) is 2.69. The lowest BCUT2D eigenvalue weighted by molar-refractivity contribution is 0.475. The molecule has 0 saturated heterocycles. The van der Waals surface area contributed by atoms with Gasteiger partial charge in [0.1, 0.15) is 5.75 Å². The summed E-state index contributed by atoms with van der Waals surface area (Å²) in [6, 6.07) is 7.52. The van der Waals surface area contributed by atoms with E-state index in [1.165, 1.54) is 10.4 Å². The van der Waals surface area contributed by atoms with Crippen LogP contribution in [0.1, 0.15) is 29.3 Å². The Balaban J connectivity index is 1.86. The van der Waals surface area contributed by atoms with Crippen LogP contribution in [0.3, 0.4) is 0 Å². The molecule has 5 heteroatoms. The summed E-state index contributed by atoms with van der Waals surface area (Å²) in [5, 5.41) is 13.3. The lowest BCUT2D eigenvalue weighted by Gasteiger charge is -2.24. The molecule has 0 radical (unpaired) electrons. The Morgan fingerprint density at radius 2 is 2.11 bits per heavy atom. The molecule has 1 aromatic carbocycles. The van der Waals surface area contributed by atoms with Crippen molar-refractivity contribution in [3.8, 4) is 5.75 Å². The second kappa shape index (κ2) is 5.23. The summed E-state index contributed by atoms with van der Waals surface area (Å²) in [5.74, 6) is 0.107. The van der Waals surface area contributed by atoms with Crippen molar-refractivity contribution >= 4 is 40.2 Å². The van der Waals surface area contributed by atoms with Gasteiger partial charge < -0.3 is 10.4 Å². The first-order valence-electron chi connectivity index (χ1n) is 6.16. The third-order valence-electron chi connectivity index (χ3n) is 3.37. The molecule has 0 amide bonds. The Bertz CT molecular complexity index is 611. The lowest BCUT2D eigenvalue weighted by Crippen LogP contribution is -2.15. The summed E-state index contributed by atoms with van der Waals surface area (Å²) in [6.07, 6.45) is 3.35. The number of aromatic hydroxyl groups is 1. The number of halogens is 2. The molecule has 0 bridgehead atoms. The fourth-order valence-corrected chi connectivity index (χ4v) is 4.03. The Morgan fingerprint density at radius 1 is 1.26 bits per heavy atom. The van der Waals surface area contributed by atoms with Crippen LogP contribution >= 0.6 is 34.5 Å². The van der Waals surface area contributed by atoms with E-state index in [2.05, 4.69) is 11.4 Å². The van der Waals surface area contributed by atoms with Gasteiger partial charge in [-0.25, -0.2) is 0 Å². The van der Waals surface area contributed by atoms with E-state index in [1.807, 2.05) is 6.07 Å². The SMILES string of the molecule is Oc1ccc(NC2CCCc3sc(Cl)cc32)cc1Cl. The van der Waals surface area contributed by atoms with E-state index >= 15 is 0 Å². The highest BCUT2D eigenvalue weighted by Crippen LogP contribution is 2.39. The number of rotatable bonds is 2. The number of fused-ring (bicyclic) bond motifs is 1. The van der Waals surface area contributed by atoms with Crippen LogP contribution in [0.4, 0.5) is 5.69 Å². The smallest absolute Gasteiger partial charge is 0.134 e. The van der Waals surface area contributed by atoms with E-state index in [-0.39, 0.29) is 11.8 Å². The topological polar surface area (TPSA) is 32.3 Å². The quantitative estimate of drug-likeness (QED) is 0.742. The normalized spacial score (nSPS) is 18.1. The average Bonchev–Trinajstić information content (AvgIpc) is 2.75. The van der Waals surface area contributed by atoms with Gasteiger partial charge >= 0.3 is 0 Å². The first-order valence-corrected chi connectivity index (χ1v) is 7.74. The fourth-order valence-electron chi connectivity index (χ4n) is 2.47. The maximum atomic E-state index is 9.44. The van der Waals surface area contributed by atoms with E-state index in [1.54, 1.807) is 23.5 Å². The fraction of sp³-hybridized carbons (Fsp3) is 0.286. The van der Waals surface area contributed by atoms with Crippen molar-refractivity contribution in [2.75, 3.05) is 5.32 Å². The van der Waals surface area contributed by atoms with Gasteiger partial charge in [-0.2, -0.15) is 0 Å². The van der Waals surface area contributed by atoms with Crippen LogP contribution < -0.4 is 5.32 Å². The molecule has 1 atom stereocenters. The number of aryl methyl sites for hydroxylation is 1. The molecule has 1 aliphatic rings. The van der Waals surface area contributed by atoms with Gasteiger partial charge in [-0.15, -0.1) is 11.3 Å². The number of thiophene rings is 1. The summed E-state index contributed by atoms with van der Waals surface area (Å²) in [6.45, 7) is 0. The van der Waals surface area contributed by atoms with Gasteiger partial charge in [0.2, 0.25) is 0 Å². The second-order valence-corrected chi connectivity index (χ2v) is 6.86. The van der Waals surface area contributed by atoms with Gasteiger partial charge in [0, 0.05) is 10.6 Å². The Morgan fingerprint density at radius 3 is 2.89 bits per heavy atom. The van der Waals surface area contributed by atoms with E-state index in [9.17, 15) is 5.11 Å². The minimum Gasteiger partial charge on any atom is -0.506 e. The van der Waals surface area contributed by atoms with Gasteiger partial charge in [-0.1, -0.05) is 23.2 Å². The van der Waals surface area contributed by atoms with Crippen molar-refractivity contribution in [1.29, 1.82) is 0 Å². The molecule has 3 rings (SSSR count). The molecule has 1 aromatic heterocycles. The zero-order valence-corrected chi connectivity index (χ0v) is 12.4. The van der Waals surface area contributed by atoms with Crippen molar-refractivity contribution in [3.63, 3.8) is 0 Å². The number of phenols is 1. The van der Waals surface area contributed by atoms with Crippen LogP contribution in [0.2, 0.25) is 9.36 Å². The molecular formula is C14H13Cl2NOS. The molecule has 2 nitrogen and oxygen atoms in total. The molecule has 19 heavy (non-hydrogen) atoms. The molecule has 100 valence electrons. The van der Waals surface area contributed by atoms with Gasteiger partial charge in [-0.3, -0.25) is 0 Å². The standard InChI is InChI=1S/C14H13Cl2NOS/c15-10-6-8(4-5-12(10)18)17-11-2-1-3-13-9(11)7-14(16)19-13/h4-7,11,17-18H,1-3H2. The molecule has 0 aliphatic heterocycles. The highest BCUT2D eigenvalue weighted by atomic mass is 35.5. The lowest BCUT2D eigenvalue weighted by atomic mass is 9.94. The monoisotopic (exact) mass is 313 g/mol. The Hall–Kier alpha value is -0.900. The van der Waals surface area contributed by atoms with Crippen molar-refractivity contribution < 1.29 is 5.11 Å². The van der Waals surface area contributed by atoms with Crippen LogP contribution in [0.5, 0.6) is 5.75 Å². The van der Waals surface area contributed by atoms with Gasteiger partial charge in [-0.05, 0) is 49.1 Å². The Kier molecular flexibility index (Phi) is 3.61. The van der Waals surface area contributed by atoms with Gasteiger partial charge in [0.25, 0.3) is 0 Å². The largest absolute Gasteiger partial charge is 0.506 e. The van der Waals surface area contributed by atoms with Crippen LogP contribution in [0.25, 0.3) is 0 Å². The number of hydrogen-bond donors (Lipinski definition) is 2. The summed E-state index contributed by atoms with van der Waals surface area (Å²) in [5.41, 5.74) is 2.22. The molecule has 1 unspecified atom stereocenters. The summed E-state index contributed by atoms with van der Waals surface area (Å²) < 4.78 is 0.849. The minimum atomic E-state index is 0.107. The third-order valence-corrected chi connectivity index (χ3v) is 5.01. The van der Waals surface area contributed by atoms with Crippen LogP contribution in [-0.4, -0.2) is 5.11 Å². The van der Waals surface area contributed by atoms with Crippen LogP contribution in [0.15, 0.2) is 24.3 Å². The molecule has 2 N–H and O–H groups in total. The molecule has 0 fully saturated rings. The number of anilines is 1. The highest BCUT2D eigenvalue weighted by molar-refractivity contribution is 7.16. The predicted molar refractivity (Wildman–Crippen MR) is 81.7 cm³/mol. The summed E-state index contributed by atoms with van der Waals surface area (Å²) in [7, 11) is 0. The van der Waals surface area contributed by atoms with Gasteiger partial charge in [0.05, 0.1) is 15.4 Å². The van der Waals surface area contributed by atoms with Crippen LogP contribution in [-0.2, 0) is 6.42 Å². The van der Waals surface area contributed by atoms with Crippen LogP contribution in [0, 0.1) is 0 Å². The van der Waals surface area contributed by atoms with Crippen molar-refractivity contribution in [2.45, 2.75) is 25.3 Å². The summed E-state index contributed by atoms with van der Waals surface area (Å²) >= 11 is 13.7. The zero-order valence-electron chi connectivity index (χ0n) is 10.1. The molecule has 0 spiro atoms. The average molecular weight is 314 g/mol. The van der Waals surface area contributed by atoms with E-state index in [0.717, 1.165) is 29.3 Å². The number of benzene rings is 1. The first-order chi connectivity index (χ1) is 9.13. The van der Waals surface area contributed by atoms with Crippen molar-refractivity contribution in [3.05, 3.63) is 44.1 Å². The molecule has 2 aromatic rings. The maximum Gasteiger partial charge on any atom is 0.134 e. The maximum absolute atomic E-state index is 9.44. The zero-order chi connectivity index (χ0) is 13.4. The first kappa shape index (κ1) is 13.1. The highest BCUT2D eigenvalue weighted by Gasteiger charge is 2.22. The molecular weight excluding hydrogens is 301 g/mol. The Labute approximate surface area is 126 Å². The van der Waals surface area contributed by atoms with Gasteiger partial charge in [0.15, 0.2) is 0 Å². The van der Waals surface area contributed by atoms with E-state index < -0.39 is 0 Å². The number of phenolic OH excluding ortho intramolecular Hbond substituents is 1. The van der Waals surface area contributed by atoms with Crippen molar-refractivity contribution in [2.24, 2.45) is 0 Å². The number of hydrogen-bond acceptors (Lipinski definition) is 3. The van der Waals surface area contributed by atoms with E-state index in [0.29, 0.717) is 5.02 Å².